The largest absolute Gasteiger partial charge is 0.256 e. The number of aryl methyl sites for hydroxylation is 2. The first-order chi connectivity index (χ1) is 11.6. The molecule has 3 rings (SSSR count). The fraction of sp³-hybridized carbons (Fsp3) is 0.389. The van der Waals surface area contributed by atoms with Crippen molar-refractivity contribution in [2.75, 3.05) is 0 Å². The van der Waals surface area contributed by atoms with Crippen LogP contribution in [0.3, 0.4) is 0 Å². The number of rotatable bonds is 2. The molecule has 0 saturated carbocycles. The molecule has 0 unspecified atom stereocenters. The second kappa shape index (κ2) is 9.05. The molecule has 0 radical (unpaired) electrons. The predicted octanol–water partition coefficient (Wildman–Crippen LogP) is 4.82. The summed E-state index contributed by atoms with van der Waals surface area (Å²) in [7, 11) is 0. The summed E-state index contributed by atoms with van der Waals surface area (Å²) in [6.07, 6.45) is 1.52. The van der Waals surface area contributed by atoms with Gasteiger partial charge >= 0.3 is 0 Å². The van der Waals surface area contributed by atoms with Crippen molar-refractivity contribution in [2.45, 2.75) is 48.1 Å². The van der Waals surface area contributed by atoms with Crippen molar-refractivity contribution in [1.29, 1.82) is 0 Å². The smallest absolute Gasteiger partial charge is 0.158 e. The molecule has 130 valence electrons. The van der Waals surface area contributed by atoms with Gasteiger partial charge in [-0.2, -0.15) is 5.10 Å². The van der Waals surface area contributed by atoms with Gasteiger partial charge in [-0.15, -0.1) is 0 Å². The van der Waals surface area contributed by atoms with Crippen LogP contribution >= 0.6 is 0 Å². The average Bonchev–Trinajstić information content (AvgIpc) is 2.89. The Hall–Kier alpha value is -2.37. The standard InChI is InChI=1S/C14H12F2N4.2C2H6/c1-8-10-6-12(16)9(2)18-14(10)20(19-8)7-13-11(15)4-3-5-17-13;2*1-2/h3-6H,7H2,1-2H3;2*1-2H3. The number of pyridine rings is 2. The number of aromatic nitrogens is 4. The van der Waals surface area contributed by atoms with Gasteiger partial charge in [0.1, 0.15) is 11.6 Å². The van der Waals surface area contributed by atoms with Crippen molar-refractivity contribution in [1.82, 2.24) is 19.7 Å². The topological polar surface area (TPSA) is 43.6 Å². The summed E-state index contributed by atoms with van der Waals surface area (Å²) in [5.74, 6) is -0.767. The van der Waals surface area contributed by atoms with Gasteiger partial charge in [-0.3, -0.25) is 4.98 Å². The van der Waals surface area contributed by atoms with Crippen LogP contribution in [0.15, 0.2) is 24.4 Å². The van der Waals surface area contributed by atoms with E-state index >= 15 is 0 Å². The first-order valence-electron chi connectivity index (χ1n) is 8.16. The third-order valence-corrected chi connectivity index (χ3v) is 3.17. The van der Waals surface area contributed by atoms with Crippen molar-refractivity contribution in [2.24, 2.45) is 0 Å². The lowest BCUT2D eigenvalue weighted by atomic mass is 10.2. The van der Waals surface area contributed by atoms with E-state index in [0.717, 1.165) is 0 Å². The molecule has 0 atom stereocenters. The lowest BCUT2D eigenvalue weighted by Crippen LogP contribution is -2.07. The fourth-order valence-corrected chi connectivity index (χ4v) is 2.10. The van der Waals surface area contributed by atoms with E-state index in [4.69, 9.17) is 0 Å². The summed E-state index contributed by atoms with van der Waals surface area (Å²) < 4.78 is 28.7. The first kappa shape index (κ1) is 19.7. The minimum absolute atomic E-state index is 0.162. The van der Waals surface area contributed by atoms with Gasteiger partial charge in [-0.05, 0) is 32.0 Å². The van der Waals surface area contributed by atoms with Gasteiger partial charge in [0.2, 0.25) is 0 Å². The molecule has 0 amide bonds. The van der Waals surface area contributed by atoms with Crippen LogP contribution in [0.25, 0.3) is 11.0 Å². The van der Waals surface area contributed by atoms with Gasteiger partial charge in [-0.25, -0.2) is 18.4 Å². The van der Waals surface area contributed by atoms with Crippen LogP contribution in [-0.2, 0) is 6.54 Å². The van der Waals surface area contributed by atoms with Crippen molar-refractivity contribution in [3.05, 3.63) is 53.1 Å². The van der Waals surface area contributed by atoms with Crippen molar-refractivity contribution >= 4 is 11.0 Å². The van der Waals surface area contributed by atoms with E-state index in [0.29, 0.717) is 22.4 Å². The molecule has 0 aromatic carbocycles. The Kier molecular flexibility index (Phi) is 7.42. The second-order valence-corrected chi connectivity index (χ2v) is 4.60. The molecule has 0 saturated heterocycles. The lowest BCUT2D eigenvalue weighted by Gasteiger charge is -2.04. The van der Waals surface area contributed by atoms with E-state index in [-0.39, 0.29) is 18.1 Å². The Labute approximate surface area is 141 Å². The molecule has 24 heavy (non-hydrogen) atoms. The quantitative estimate of drug-likeness (QED) is 0.675. The number of nitrogens with zero attached hydrogens (tertiary/aromatic N) is 4. The minimum Gasteiger partial charge on any atom is -0.256 e. The van der Waals surface area contributed by atoms with Crippen molar-refractivity contribution < 1.29 is 8.78 Å². The Morgan fingerprint density at radius 3 is 2.29 bits per heavy atom. The molecule has 6 heteroatoms. The van der Waals surface area contributed by atoms with Crippen LogP contribution in [0.1, 0.15) is 44.8 Å². The van der Waals surface area contributed by atoms with Crippen LogP contribution < -0.4 is 0 Å². The van der Waals surface area contributed by atoms with Gasteiger partial charge in [0.25, 0.3) is 0 Å². The molecular formula is C18H24F2N4. The first-order valence-corrected chi connectivity index (χ1v) is 8.16. The van der Waals surface area contributed by atoms with Gasteiger partial charge in [-0.1, -0.05) is 27.7 Å². The normalized spacial score (nSPS) is 9.83. The Morgan fingerprint density at radius 1 is 1.00 bits per heavy atom. The summed E-state index contributed by atoms with van der Waals surface area (Å²) >= 11 is 0. The molecule has 3 aromatic heterocycles. The maximum atomic E-state index is 13.6. The van der Waals surface area contributed by atoms with Gasteiger partial charge < -0.3 is 0 Å². The molecule has 0 aliphatic carbocycles. The highest BCUT2D eigenvalue weighted by Crippen LogP contribution is 2.20. The van der Waals surface area contributed by atoms with Crippen LogP contribution in [0, 0.1) is 25.5 Å². The zero-order chi connectivity index (χ0) is 18.3. The van der Waals surface area contributed by atoms with Crippen LogP contribution in [0.4, 0.5) is 8.78 Å². The van der Waals surface area contributed by atoms with E-state index in [1.807, 2.05) is 27.7 Å². The van der Waals surface area contributed by atoms with Gasteiger partial charge in [0.05, 0.1) is 23.6 Å². The molecule has 0 spiro atoms. The summed E-state index contributed by atoms with van der Waals surface area (Å²) in [6.45, 7) is 11.5. The third-order valence-electron chi connectivity index (χ3n) is 3.17. The predicted molar refractivity (Wildman–Crippen MR) is 93.0 cm³/mol. The molecular weight excluding hydrogens is 310 g/mol. The van der Waals surface area contributed by atoms with E-state index < -0.39 is 5.82 Å². The van der Waals surface area contributed by atoms with E-state index in [2.05, 4.69) is 15.1 Å². The molecule has 3 heterocycles. The molecule has 0 fully saturated rings. The molecule has 0 N–H and O–H groups in total. The van der Waals surface area contributed by atoms with Crippen LogP contribution in [-0.4, -0.2) is 19.7 Å². The SMILES string of the molecule is CC.CC.Cc1nc2c(cc1F)c(C)nn2Cc1ncccc1F. The third kappa shape index (κ3) is 4.13. The fourth-order valence-electron chi connectivity index (χ4n) is 2.10. The number of fused-ring (bicyclic) bond motifs is 1. The number of hydrogen-bond acceptors (Lipinski definition) is 3. The molecule has 0 bridgehead atoms. The summed E-state index contributed by atoms with van der Waals surface area (Å²) in [5.41, 5.74) is 1.76. The maximum absolute atomic E-state index is 13.6. The molecule has 0 aliphatic rings. The minimum atomic E-state index is -0.396. The van der Waals surface area contributed by atoms with Crippen molar-refractivity contribution in [3.8, 4) is 0 Å². The maximum Gasteiger partial charge on any atom is 0.158 e. The van der Waals surface area contributed by atoms with Gasteiger partial charge in [0, 0.05) is 11.6 Å². The number of hydrogen-bond donors (Lipinski definition) is 0. The molecule has 0 aliphatic heterocycles. The van der Waals surface area contributed by atoms with E-state index in [1.165, 1.54) is 24.4 Å². The van der Waals surface area contributed by atoms with Crippen molar-refractivity contribution in [3.63, 3.8) is 0 Å². The highest BCUT2D eigenvalue weighted by atomic mass is 19.1. The molecule has 4 nitrogen and oxygen atoms in total. The van der Waals surface area contributed by atoms with E-state index in [1.54, 1.807) is 18.5 Å². The Morgan fingerprint density at radius 2 is 1.67 bits per heavy atom. The Bertz CT molecular complexity index is 797. The zero-order valence-corrected chi connectivity index (χ0v) is 15.1. The van der Waals surface area contributed by atoms with Gasteiger partial charge in [0.15, 0.2) is 5.65 Å². The van der Waals surface area contributed by atoms with Crippen LogP contribution in [0.5, 0.6) is 0 Å². The summed E-state index contributed by atoms with van der Waals surface area (Å²) in [6, 6.07) is 4.29. The lowest BCUT2D eigenvalue weighted by molar-refractivity contribution is 0.573. The average molecular weight is 334 g/mol. The highest BCUT2D eigenvalue weighted by Gasteiger charge is 2.14. The zero-order valence-electron chi connectivity index (χ0n) is 15.1. The Balaban J connectivity index is 0.000000671. The highest BCUT2D eigenvalue weighted by molar-refractivity contribution is 5.78. The monoisotopic (exact) mass is 334 g/mol. The number of halogens is 2. The molecule has 3 aromatic rings. The summed E-state index contributed by atoms with van der Waals surface area (Å²) in [5, 5.41) is 4.92. The second-order valence-electron chi connectivity index (χ2n) is 4.60. The summed E-state index contributed by atoms with van der Waals surface area (Å²) in [4.78, 5) is 8.19. The van der Waals surface area contributed by atoms with E-state index in [9.17, 15) is 8.78 Å². The van der Waals surface area contributed by atoms with Crippen LogP contribution in [0.2, 0.25) is 0 Å².